The second-order valence-electron chi connectivity index (χ2n) is 8.43. The molecular weight excluding hydrogens is 440 g/mol. The molecular formula is C28H32N4OS. The van der Waals surface area contributed by atoms with E-state index in [9.17, 15) is 0 Å². The van der Waals surface area contributed by atoms with Crippen molar-refractivity contribution in [1.29, 1.82) is 0 Å². The average molecular weight is 473 g/mol. The maximum atomic E-state index is 6.21. The molecule has 6 heteroatoms. The number of nitrogens with two attached hydrogens (primary N) is 1. The first-order valence-electron chi connectivity index (χ1n) is 11.7. The zero-order valence-corrected chi connectivity index (χ0v) is 20.7. The van der Waals surface area contributed by atoms with E-state index >= 15 is 0 Å². The summed E-state index contributed by atoms with van der Waals surface area (Å²) < 4.78 is 6.21. The average Bonchev–Trinajstić information content (AvgIpc) is 2.90. The van der Waals surface area contributed by atoms with E-state index < -0.39 is 0 Å². The molecule has 1 aliphatic heterocycles. The van der Waals surface area contributed by atoms with Crippen molar-refractivity contribution in [3.63, 3.8) is 0 Å². The molecule has 1 saturated heterocycles. The van der Waals surface area contributed by atoms with Gasteiger partial charge in [-0.2, -0.15) is 0 Å². The highest BCUT2D eigenvalue weighted by Crippen LogP contribution is 2.37. The SMILES string of the molecule is C1CCNCC1.CSc1ccc(-c2nnc(N)c3cc(C)ccc23)c(OCc2ccccc2)c1. The molecule has 1 aromatic heterocycles. The number of thioether (sulfide) groups is 1. The number of hydrogen-bond donors (Lipinski definition) is 2. The van der Waals surface area contributed by atoms with Crippen molar-refractivity contribution in [2.24, 2.45) is 0 Å². The van der Waals surface area contributed by atoms with Gasteiger partial charge in [0.2, 0.25) is 0 Å². The Labute approximate surface area is 206 Å². The van der Waals surface area contributed by atoms with Gasteiger partial charge in [-0.1, -0.05) is 54.4 Å². The van der Waals surface area contributed by atoms with Gasteiger partial charge in [-0.25, -0.2) is 0 Å². The number of hydrogen-bond acceptors (Lipinski definition) is 6. The van der Waals surface area contributed by atoms with E-state index in [1.165, 1.54) is 32.4 Å². The van der Waals surface area contributed by atoms with Gasteiger partial charge in [0.15, 0.2) is 5.82 Å². The van der Waals surface area contributed by atoms with Crippen LogP contribution in [-0.2, 0) is 6.61 Å². The minimum atomic E-state index is 0.440. The molecule has 0 radical (unpaired) electrons. The Bertz CT molecular complexity index is 1210. The zero-order valence-electron chi connectivity index (χ0n) is 19.9. The lowest BCUT2D eigenvalue weighted by atomic mass is 10.0. The summed E-state index contributed by atoms with van der Waals surface area (Å²) in [5.74, 6) is 1.23. The monoisotopic (exact) mass is 472 g/mol. The number of benzene rings is 3. The quantitative estimate of drug-likeness (QED) is 0.335. The molecule has 0 spiro atoms. The molecule has 3 aromatic carbocycles. The Morgan fingerprint density at radius 2 is 1.71 bits per heavy atom. The number of anilines is 1. The first kappa shape index (κ1) is 24.0. The zero-order chi connectivity index (χ0) is 23.8. The third kappa shape index (κ3) is 6.07. The Morgan fingerprint density at radius 3 is 2.38 bits per heavy atom. The standard InChI is InChI=1S/C23H21N3OS.C5H11N/c1-15-8-10-18-20(12-15)23(24)26-25-22(18)19-11-9-17(28-2)13-21(19)27-14-16-6-4-3-5-7-16;1-2-4-6-5-3-1/h3-13H,14H2,1-2H3,(H2,24,26);6H,1-5H2. The van der Waals surface area contributed by atoms with Gasteiger partial charge in [0, 0.05) is 21.2 Å². The summed E-state index contributed by atoms with van der Waals surface area (Å²) in [6.45, 7) is 5.03. The molecule has 0 saturated carbocycles. The lowest BCUT2D eigenvalue weighted by Crippen LogP contribution is -2.21. The third-order valence-electron chi connectivity index (χ3n) is 5.85. The fraction of sp³-hybridized carbons (Fsp3) is 0.286. The summed E-state index contributed by atoms with van der Waals surface area (Å²) in [5, 5.41) is 13.8. The first-order valence-corrected chi connectivity index (χ1v) is 13.0. The van der Waals surface area contributed by atoms with Crippen molar-refractivity contribution in [3.8, 4) is 17.0 Å². The first-order chi connectivity index (χ1) is 16.7. The van der Waals surface area contributed by atoms with Gasteiger partial charge in [0.25, 0.3) is 0 Å². The largest absolute Gasteiger partial charge is 0.488 e. The number of aryl methyl sites for hydroxylation is 1. The predicted octanol–water partition coefficient (Wildman–Crippen LogP) is 6.25. The Hall–Kier alpha value is -3.09. The van der Waals surface area contributed by atoms with E-state index in [-0.39, 0.29) is 0 Å². The van der Waals surface area contributed by atoms with Crippen LogP contribution in [0.15, 0.2) is 71.6 Å². The summed E-state index contributed by atoms with van der Waals surface area (Å²) >= 11 is 1.68. The molecule has 5 nitrogen and oxygen atoms in total. The summed E-state index contributed by atoms with van der Waals surface area (Å²) in [6.07, 6.45) is 6.27. The predicted molar refractivity (Wildman–Crippen MR) is 143 cm³/mol. The molecule has 1 aliphatic rings. The van der Waals surface area contributed by atoms with Gasteiger partial charge in [-0.05, 0) is 68.9 Å². The number of piperidine rings is 1. The molecule has 0 bridgehead atoms. The van der Waals surface area contributed by atoms with E-state index in [0.717, 1.165) is 43.8 Å². The number of nitrogens with zero attached hydrogens (tertiary/aromatic N) is 2. The molecule has 3 N–H and O–H groups in total. The minimum absolute atomic E-state index is 0.440. The molecule has 176 valence electrons. The van der Waals surface area contributed by atoms with Crippen molar-refractivity contribution in [1.82, 2.24) is 15.5 Å². The van der Waals surface area contributed by atoms with Gasteiger partial charge < -0.3 is 15.8 Å². The third-order valence-corrected chi connectivity index (χ3v) is 6.58. The molecule has 2 heterocycles. The lowest BCUT2D eigenvalue weighted by Gasteiger charge is -2.14. The highest BCUT2D eigenvalue weighted by atomic mass is 32.2. The Morgan fingerprint density at radius 1 is 0.912 bits per heavy atom. The van der Waals surface area contributed by atoms with E-state index in [4.69, 9.17) is 10.5 Å². The van der Waals surface area contributed by atoms with E-state index in [0.29, 0.717) is 12.4 Å². The molecule has 34 heavy (non-hydrogen) atoms. The van der Waals surface area contributed by atoms with Crippen LogP contribution in [0.4, 0.5) is 5.82 Å². The fourth-order valence-electron chi connectivity index (χ4n) is 3.97. The maximum Gasteiger partial charge on any atom is 0.154 e. The molecule has 0 aliphatic carbocycles. The van der Waals surface area contributed by atoms with E-state index in [1.807, 2.05) is 37.3 Å². The van der Waals surface area contributed by atoms with Crippen molar-refractivity contribution < 1.29 is 4.74 Å². The number of nitrogens with one attached hydrogen (secondary N) is 1. The molecule has 0 unspecified atom stereocenters. The minimum Gasteiger partial charge on any atom is -0.488 e. The van der Waals surface area contributed by atoms with Crippen molar-refractivity contribution in [3.05, 3.63) is 77.9 Å². The normalized spacial score (nSPS) is 13.2. The van der Waals surface area contributed by atoms with Crippen LogP contribution >= 0.6 is 11.8 Å². The highest BCUT2D eigenvalue weighted by molar-refractivity contribution is 7.98. The molecule has 1 fully saturated rings. The fourth-order valence-corrected chi connectivity index (χ4v) is 4.40. The number of nitrogen functional groups attached to an aromatic ring is 1. The van der Waals surface area contributed by atoms with Crippen LogP contribution in [0.2, 0.25) is 0 Å². The molecule has 4 aromatic rings. The smallest absolute Gasteiger partial charge is 0.154 e. The molecule has 5 rings (SSSR count). The van der Waals surface area contributed by atoms with Crippen LogP contribution < -0.4 is 15.8 Å². The van der Waals surface area contributed by atoms with Gasteiger partial charge in [-0.3, -0.25) is 0 Å². The molecule has 0 amide bonds. The van der Waals surface area contributed by atoms with Crippen LogP contribution in [0.1, 0.15) is 30.4 Å². The van der Waals surface area contributed by atoms with Gasteiger partial charge in [0.05, 0.1) is 0 Å². The van der Waals surface area contributed by atoms with Gasteiger partial charge in [-0.15, -0.1) is 22.0 Å². The number of aromatic nitrogens is 2. The van der Waals surface area contributed by atoms with Crippen molar-refractivity contribution in [2.75, 3.05) is 25.1 Å². The van der Waals surface area contributed by atoms with E-state index in [2.05, 4.69) is 58.2 Å². The number of ether oxygens (including phenoxy) is 1. The topological polar surface area (TPSA) is 73.1 Å². The summed E-state index contributed by atoms with van der Waals surface area (Å²) in [4.78, 5) is 1.13. The van der Waals surface area contributed by atoms with Crippen LogP contribution in [0.3, 0.4) is 0 Å². The van der Waals surface area contributed by atoms with Crippen LogP contribution in [0.25, 0.3) is 22.0 Å². The maximum absolute atomic E-state index is 6.21. The second-order valence-corrected chi connectivity index (χ2v) is 9.31. The van der Waals surface area contributed by atoms with Crippen molar-refractivity contribution >= 4 is 28.4 Å². The Balaban J connectivity index is 0.000000398. The van der Waals surface area contributed by atoms with E-state index in [1.54, 1.807) is 11.8 Å². The number of rotatable bonds is 5. The Kier molecular flexibility index (Phi) is 8.39. The second kappa shape index (κ2) is 11.9. The van der Waals surface area contributed by atoms with Gasteiger partial charge in [0.1, 0.15) is 18.1 Å². The summed E-state index contributed by atoms with van der Waals surface area (Å²) in [6, 6.07) is 22.5. The van der Waals surface area contributed by atoms with Crippen molar-refractivity contribution in [2.45, 2.75) is 37.7 Å². The van der Waals surface area contributed by atoms with Gasteiger partial charge >= 0.3 is 0 Å². The highest BCUT2D eigenvalue weighted by Gasteiger charge is 2.15. The number of fused-ring (bicyclic) bond motifs is 1. The van der Waals surface area contributed by atoms with Crippen LogP contribution in [-0.4, -0.2) is 29.5 Å². The van der Waals surface area contributed by atoms with Crippen LogP contribution in [0.5, 0.6) is 5.75 Å². The molecule has 0 atom stereocenters. The summed E-state index contributed by atoms with van der Waals surface area (Å²) in [7, 11) is 0. The summed E-state index contributed by atoms with van der Waals surface area (Å²) in [5.41, 5.74) is 10.0. The lowest BCUT2D eigenvalue weighted by molar-refractivity contribution is 0.307. The van der Waals surface area contributed by atoms with Crippen LogP contribution in [0, 0.1) is 6.92 Å².